The lowest BCUT2D eigenvalue weighted by atomic mass is 9.91. The van der Waals surface area contributed by atoms with Gasteiger partial charge in [-0.1, -0.05) is 0 Å². The van der Waals surface area contributed by atoms with Crippen molar-refractivity contribution >= 4 is 47.1 Å². The van der Waals surface area contributed by atoms with E-state index in [0.29, 0.717) is 7.91 Å². The van der Waals surface area contributed by atoms with Crippen molar-refractivity contribution in [2.75, 3.05) is 0 Å². The fourth-order valence-corrected chi connectivity index (χ4v) is 5.11. The topological polar surface area (TPSA) is 44.0 Å². The van der Waals surface area contributed by atoms with Crippen LogP contribution in [-0.4, -0.2) is 9.13 Å². The molecule has 8 heteroatoms. The van der Waals surface area contributed by atoms with Crippen LogP contribution in [0.2, 0.25) is 0 Å². The lowest BCUT2D eigenvalue weighted by Crippen LogP contribution is -2.31. The van der Waals surface area contributed by atoms with Crippen molar-refractivity contribution < 1.29 is 0 Å². The molecule has 2 aromatic heterocycles. The van der Waals surface area contributed by atoms with Gasteiger partial charge >= 0.3 is 0 Å². The highest BCUT2D eigenvalue weighted by Gasteiger charge is 2.25. The molecule has 4 nitrogen and oxygen atoms in total. The molecular formula is C14H14N2O2S4. The van der Waals surface area contributed by atoms with E-state index in [9.17, 15) is 9.59 Å². The predicted octanol–water partition coefficient (Wildman–Crippen LogP) is 3.95. The molecule has 1 saturated carbocycles. The average Bonchev–Trinajstić information content (AvgIpc) is 2.48. The van der Waals surface area contributed by atoms with Gasteiger partial charge in [-0.05, 0) is 60.9 Å². The molecule has 2 aromatic rings. The standard InChI is InChI=1S/C14H14N2O2S4/c17-11-5-7-21-13(19)15(11)9-1-2-10(4-3-9)16-12(18)6-8-22-14(16)20/h5-10H,1-4H2. The summed E-state index contributed by atoms with van der Waals surface area (Å²) in [6.45, 7) is 0. The first-order valence-corrected chi connectivity index (χ1v) is 9.56. The Morgan fingerprint density at radius 1 is 0.818 bits per heavy atom. The second-order valence-electron chi connectivity index (χ2n) is 5.25. The molecule has 3 rings (SSSR count). The van der Waals surface area contributed by atoms with Crippen molar-refractivity contribution in [1.29, 1.82) is 0 Å². The van der Waals surface area contributed by atoms with Gasteiger partial charge in [-0.2, -0.15) is 0 Å². The summed E-state index contributed by atoms with van der Waals surface area (Å²) in [7, 11) is 0. The molecule has 1 aliphatic carbocycles. The zero-order chi connectivity index (χ0) is 15.7. The van der Waals surface area contributed by atoms with Gasteiger partial charge in [0.2, 0.25) is 0 Å². The number of aromatic nitrogens is 2. The minimum Gasteiger partial charge on any atom is -0.288 e. The smallest absolute Gasteiger partial charge is 0.253 e. The maximum absolute atomic E-state index is 12.0. The number of hydrogen-bond acceptors (Lipinski definition) is 6. The minimum absolute atomic E-state index is 0.0322. The van der Waals surface area contributed by atoms with E-state index < -0.39 is 0 Å². The van der Waals surface area contributed by atoms with Crippen molar-refractivity contribution in [3.63, 3.8) is 0 Å². The first-order chi connectivity index (χ1) is 10.6. The summed E-state index contributed by atoms with van der Waals surface area (Å²) in [5.74, 6) is 0. The summed E-state index contributed by atoms with van der Waals surface area (Å²) < 4.78 is 4.70. The summed E-state index contributed by atoms with van der Waals surface area (Å²) in [6.07, 6.45) is 3.36. The molecule has 0 aliphatic heterocycles. The molecule has 0 atom stereocenters. The van der Waals surface area contributed by atoms with Gasteiger partial charge in [-0.15, -0.1) is 22.7 Å². The van der Waals surface area contributed by atoms with Crippen LogP contribution in [0.15, 0.2) is 32.5 Å². The largest absolute Gasteiger partial charge is 0.288 e. The molecule has 0 radical (unpaired) electrons. The van der Waals surface area contributed by atoms with Crippen molar-refractivity contribution in [2.24, 2.45) is 0 Å². The number of nitrogens with zero attached hydrogens (tertiary/aromatic N) is 2. The fraction of sp³-hybridized carbons (Fsp3) is 0.429. The van der Waals surface area contributed by atoms with Crippen LogP contribution in [0, 0.1) is 7.91 Å². The van der Waals surface area contributed by atoms with E-state index in [1.165, 1.54) is 22.7 Å². The first kappa shape index (κ1) is 15.9. The molecular weight excluding hydrogens is 356 g/mol. The van der Waals surface area contributed by atoms with E-state index >= 15 is 0 Å². The van der Waals surface area contributed by atoms with Crippen LogP contribution < -0.4 is 11.1 Å². The molecule has 0 bridgehead atoms. The van der Waals surface area contributed by atoms with Crippen LogP contribution in [0.5, 0.6) is 0 Å². The van der Waals surface area contributed by atoms with Gasteiger partial charge in [-0.25, -0.2) is 0 Å². The van der Waals surface area contributed by atoms with Gasteiger partial charge in [0.1, 0.15) is 0 Å². The van der Waals surface area contributed by atoms with Crippen molar-refractivity contribution in [2.45, 2.75) is 37.8 Å². The lowest BCUT2D eigenvalue weighted by molar-refractivity contribution is 0.267. The Morgan fingerprint density at radius 3 is 1.50 bits per heavy atom. The van der Waals surface area contributed by atoms with Gasteiger partial charge in [0.05, 0.1) is 0 Å². The van der Waals surface area contributed by atoms with Gasteiger partial charge in [-0.3, -0.25) is 18.7 Å². The maximum atomic E-state index is 12.0. The van der Waals surface area contributed by atoms with Gasteiger partial charge < -0.3 is 0 Å². The molecule has 0 aromatic carbocycles. The van der Waals surface area contributed by atoms with Crippen LogP contribution >= 0.6 is 47.1 Å². The molecule has 0 spiro atoms. The van der Waals surface area contributed by atoms with Crippen LogP contribution in [0.4, 0.5) is 0 Å². The molecule has 0 unspecified atom stereocenters. The quantitative estimate of drug-likeness (QED) is 0.751. The Morgan fingerprint density at radius 2 is 1.18 bits per heavy atom. The second-order valence-corrected chi connectivity index (χ2v) is 8.33. The van der Waals surface area contributed by atoms with Crippen LogP contribution in [0.25, 0.3) is 0 Å². The summed E-state index contributed by atoms with van der Waals surface area (Å²) in [6, 6.07) is 3.39. The molecule has 1 fully saturated rings. The minimum atomic E-state index is -0.0322. The monoisotopic (exact) mass is 370 g/mol. The maximum Gasteiger partial charge on any atom is 0.253 e. The normalized spacial score (nSPS) is 21.6. The molecule has 2 heterocycles. The van der Waals surface area contributed by atoms with E-state index in [2.05, 4.69) is 0 Å². The predicted molar refractivity (Wildman–Crippen MR) is 95.4 cm³/mol. The first-order valence-electron chi connectivity index (χ1n) is 6.98. The second kappa shape index (κ2) is 6.66. The molecule has 0 amide bonds. The zero-order valence-electron chi connectivity index (χ0n) is 11.6. The van der Waals surface area contributed by atoms with Gasteiger partial charge in [0.15, 0.2) is 7.91 Å². The molecule has 0 N–H and O–H groups in total. The zero-order valence-corrected chi connectivity index (χ0v) is 14.9. The van der Waals surface area contributed by atoms with E-state index in [0.717, 1.165) is 25.7 Å². The highest BCUT2D eigenvalue weighted by atomic mass is 32.2. The van der Waals surface area contributed by atoms with E-state index in [-0.39, 0.29) is 23.2 Å². The lowest BCUT2D eigenvalue weighted by Gasteiger charge is -2.30. The SMILES string of the molecule is O=c1ccsc(=S)n1C1CCC(n2c(=O)ccsc2=S)CC1. The Bertz CT molecular complexity index is 768. The van der Waals surface area contributed by atoms with E-state index in [1.54, 1.807) is 32.0 Å². The third-order valence-electron chi connectivity index (χ3n) is 4.02. The van der Waals surface area contributed by atoms with Crippen LogP contribution in [0.1, 0.15) is 37.8 Å². The molecule has 0 saturated heterocycles. The Labute approximate surface area is 145 Å². The Kier molecular flexibility index (Phi) is 4.82. The van der Waals surface area contributed by atoms with Gasteiger partial charge in [0, 0.05) is 24.2 Å². The fourth-order valence-electron chi connectivity index (χ4n) is 2.99. The van der Waals surface area contributed by atoms with Crippen LogP contribution in [0.3, 0.4) is 0 Å². The molecule has 116 valence electrons. The summed E-state index contributed by atoms with van der Waals surface area (Å²) in [4.78, 5) is 24.1. The summed E-state index contributed by atoms with van der Waals surface area (Å²) in [5.41, 5.74) is -0.0643. The van der Waals surface area contributed by atoms with Crippen LogP contribution in [-0.2, 0) is 0 Å². The Hall–Kier alpha value is -0.960. The summed E-state index contributed by atoms with van der Waals surface area (Å²) >= 11 is 13.4. The van der Waals surface area contributed by atoms with Crippen molar-refractivity contribution in [3.05, 3.63) is 51.5 Å². The highest BCUT2D eigenvalue weighted by molar-refractivity contribution is 7.73. The Balaban J connectivity index is 1.85. The third kappa shape index (κ3) is 3.05. The van der Waals surface area contributed by atoms with E-state index in [1.807, 2.05) is 0 Å². The average molecular weight is 371 g/mol. The third-order valence-corrected chi connectivity index (χ3v) is 6.34. The van der Waals surface area contributed by atoms with Gasteiger partial charge in [0.25, 0.3) is 11.1 Å². The highest BCUT2D eigenvalue weighted by Crippen LogP contribution is 2.34. The van der Waals surface area contributed by atoms with Crippen molar-refractivity contribution in [3.8, 4) is 0 Å². The van der Waals surface area contributed by atoms with E-state index in [4.69, 9.17) is 24.4 Å². The van der Waals surface area contributed by atoms with Crippen molar-refractivity contribution in [1.82, 2.24) is 9.13 Å². The number of hydrogen-bond donors (Lipinski definition) is 0. The number of rotatable bonds is 2. The summed E-state index contributed by atoms with van der Waals surface area (Å²) in [5, 5.41) is 3.47. The molecule has 1 aliphatic rings. The molecule has 22 heavy (non-hydrogen) atoms.